The molecule has 112 valence electrons. The van der Waals surface area contributed by atoms with Gasteiger partial charge in [0.15, 0.2) is 0 Å². The number of carbonyl (C=O) groups excluding carboxylic acids is 2. The summed E-state index contributed by atoms with van der Waals surface area (Å²) in [5, 5.41) is 14.2. The van der Waals surface area contributed by atoms with E-state index in [9.17, 15) is 14.4 Å². The molecule has 1 heterocycles. The second kappa shape index (κ2) is 5.90. The SMILES string of the molecule is Cc1nc(C(=O)NC(C)C(=O)NC2CC2)ccc1C(=O)O. The van der Waals surface area contributed by atoms with Gasteiger partial charge < -0.3 is 15.7 Å². The molecule has 0 aliphatic heterocycles. The number of nitrogens with zero attached hydrogens (tertiary/aromatic N) is 1. The minimum Gasteiger partial charge on any atom is -0.478 e. The zero-order valence-corrected chi connectivity index (χ0v) is 11.8. The van der Waals surface area contributed by atoms with Crippen molar-refractivity contribution < 1.29 is 19.5 Å². The summed E-state index contributed by atoms with van der Waals surface area (Å²) in [6, 6.07) is 2.22. The van der Waals surface area contributed by atoms with Crippen LogP contribution in [0.4, 0.5) is 0 Å². The van der Waals surface area contributed by atoms with Gasteiger partial charge in [0.05, 0.1) is 11.3 Å². The molecule has 0 aromatic carbocycles. The molecule has 0 saturated heterocycles. The fourth-order valence-electron chi connectivity index (χ4n) is 1.80. The molecule has 2 rings (SSSR count). The quantitative estimate of drug-likeness (QED) is 0.731. The first-order valence-electron chi connectivity index (χ1n) is 6.70. The monoisotopic (exact) mass is 291 g/mol. The predicted molar refractivity (Wildman–Crippen MR) is 74.0 cm³/mol. The summed E-state index contributed by atoms with van der Waals surface area (Å²) in [7, 11) is 0. The van der Waals surface area contributed by atoms with Crippen LogP contribution in [0.25, 0.3) is 0 Å². The van der Waals surface area contributed by atoms with Gasteiger partial charge in [-0.15, -0.1) is 0 Å². The van der Waals surface area contributed by atoms with Crippen LogP contribution in [-0.2, 0) is 4.79 Å². The second-order valence-corrected chi connectivity index (χ2v) is 5.11. The number of rotatable bonds is 5. The molecule has 0 radical (unpaired) electrons. The molecule has 1 fully saturated rings. The zero-order valence-electron chi connectivity index (χ0n) is 11.8. The number of aryl methyl sites for hydroxylation is 1. The summed E-state index contributed by atoms with van der Waals surface area (Å²) < 4.78 is 0. The zero-order chi connectivity index (χ0) is 15.6. The Balaban J connectivity index is 2.00. The Morgan fingerprint density at radius 3 is 2.52 bits per heavy atom. The standard InChI is InChI=1S/C14H17N3O4/c1-7-10(14(20)21)5-6-11(15-7)13(19)16-8(2)12(18)17-9-3-4-9/h5-6,8-9H,3-4H2,1-2H3,(H,16,19)(H,17,18)(H,20,21). The lowest BCUT2D eigenvalue weighted by molar-refractivity contribution is -0.122. The van der Waals surface area contributed by atoms with Gasteiger partial charge in [0.1, 0.15) is 11.7 Å². The third kappa shape index (κ3) is 3.77. The van der Waals surface area contributed by atoms with Gasteiger partial charge in [0.25, 0.3) is 5.91 Å². The molecule has 1 aromatic heterocycles. The fourth-order valence-corrected chi connectivity index (χ4v) is 1.80. The van der Waals surface area contributed by atoms with E-state index in [4.69, 9.17) is 5.11 Å². The number of pyridine rings is 1. The van der Waals surface area contributed by atoms with E-state index in [0.717, 1.165) is 12.8 Å². The molecule has 1 aliphatic rings. The number of carbonyl (C=O) groups is 3. The molecule has 2 amide bonds. The van der Waals surface area contributed by atoms with Gasteiger partial charge in [-0.3, -0.25) is 9.59 Å². The van der Waals surface area contributed by atoms with Gasteiger partial charge in [-0.05, 0) is 38.8 Å². The van der Waals surface area contributed by atoms with E-state index in [-0.39, 0.29) is 28.9 Å². The van der Waals surface area contributed by atoms with Crippen molar-refractivity contribution in [1.29, 1.82) is 0 Å². The topological polar surface area (TPSA) is 108 Å². The smallest absolute Gasteiger partial charge is 0.337 e. The minimum atomic E-state index is -1.09. The van der Waals surface area contributed by atoms with Gasteiger partial charge in [0.2, 0.25) is 5.91 Å². The van der Waals surface area contributed by atoms with Crippen molar-refractivity contribution in [2.24, 2.45) is 0 Å². The van der Waals surface area contributed by atoms with Crippen LogP contribution in [0.2, 0.25) is 0 Å². The Morgan fingerprint density at radius 1 is 1.33 bits per heavy atom. The average Bonchev–Trinajstić information content (AvgIpc) is 3.21. The van der Waals surface area contributed by atoms with Crippen molar-refractivity contribution in [3.63, 3.8) is 0 Å². The van der Waals surface area contributed by atoms with Crippen LogP contribution in [0.15, 0.2) is 12.1 Å². The molecule has 1 atom stereocenters. The molecule has 1 saturated carbocycles. The van der Waals surface area contributed by atoms with Crippen LogP contribution in [0.3, 0.4) is 0 Å². The Hall–Kier alpha value is -2.44. The lowest BCUT2D eigenvalue weighted by atomic mass is 10.2. The number of hydrogen-bond donors (Lipinski definition) is 3. The second-order valence-electron chi connectivity index (χ2n) is 5.11. The number of nitrogens with one attached hydrogen (secondary N) is 2. The molecule has 0 bridgehead atoms. The minimum absolute atomic E-state index is 0.0473. The normalized spacial score (nSPS) is 15.1. The molecule has 1 aliphatic carbocycles. The number of carboxylic acids is 1. The van der Waals surface area contributed by atoms with Crippen LogP contribution in [0.1, 0.15) is 46.3 Å². The number of carboxylic acid groups (broad SMARTS) is 1. The van der Waals surface area contributed by atoms with Crippen LogP contribution >= 0.6 is 0 Å². The molecule has 7 heteroatoms. The molecular formula is C14H17N3O4. The third-order valence-electron chi connectivity index (χ3n) is 3.21. The van der Waals surface area contributed by atoms with E-state index in [2.05, 4.69) is 15.6 Å². The number of aromatic nitrogens is 1. The summed E-state index contributed by atoms with van der Waals surface area (Å²) in [4.78, 5) is 38.6. The summed E-state index contributed by atoms with van der Waals surface area (Å²) in [6.07, 6.45) is 1.95. The third-order valence-corrected chi connectivity index (χ3v) is 3.21. The summed E-state index contributed by atoms with van der Waals surface area (Å²) in [5.74, 6) is -1.83. The fraction of sp³-hybridized carbons (Fsp3) is 0.429. The van der Waals surface area contributed by atoms with E-state index in [1.54, 1.807) is 6.92 Å². The van der Waals surface area contributed by atoms with Crippen LogP contribution in [0, 0.1) is 6.92 Å². The predicted octanol–water partition coefficient (Wildman–Crippen LogP) is 0.485. The highest BCUT2D eigenvalue weighted by Crippen LogP contribution is 2.18. The Labute approximate surface area is 121 Å². The van der Waals surface area contributed by atoms with Gasteiger partial charge in [0, 0.05) is 6.04 Å². The lowest BCUT2D eigenvalue weighted by Gasteiger charge is -2.13. The highest BCUT2D eigenvalue weighted by atomic mass is 16.4. The highest BCUT2D eigenvalue weighted by molar-refractivity contribution is 5.97. The largest absolute Gasteiger partial charge is 0.478 e. The van der Waals surface area contributed by atoms with Crippen LogP contribution in [0.5, 0.6) is 0 Å². The Morgan fingerprint density at radius 2 is 2.00 bits per heavy atom. The van der Waals surface area contributed by atoms with E-state index in [1.165, 1.54) is 19.1 Å². The molecule has 3 N–H and O–H groups in total. The van der Waals surface area contributed by atoms with Gasteiger partial charge in [-0.25, -0.2) is 9.78 Å². The van der Waals surface area contributed by atoms with Crippen LogP contribution in [-0.4, -0.2) is 40.0 Å². The summed E-state index contributed by atoms with van der Waals surface area (Å²) in [6.45, 7) is 3.11. The number of amides is 2. The lowest BCUT2D eigenvalue weighted by Crippen LogP contribution is -2.45. The maximum absolute atomic E-state index is 12.0. The first kappa shape index (κ1) is 15.0. The first-order chi connectivity index (χ1) is 9.88. The molecule has 1 aromatic rings. The van der Waals surface area contributed by atoms with E-state index < -0.39 is 17.9 Å². The molecule has 0 spiro atoms. The maximum atomic E-state index is 12.0. The molecule has 7 nitrogen and oxygen atoms in total. The number of hydrogen-bond acceptors (Lipinski definition) is 4. The molecular weight excluding hydrogens is 274 g/mol. The van der Waals surface area contributed by atoms with Crippen LogP contribution < -0.4 is 10.6 Å². The van der Waals surface area contributed by atoms with Gasteiger partial charge in [-0.1, -0.05) is 0 Å². The van der Waals surface area contributed by atoms with Crippen molar-refractivity contribution in [3.05, 3.63) is 29.1 Å². The summed E-state index contributed by atoms with van der Waals surface area (Å²) >= 11 is 0. The number of aromatic carboxylic acids is 1. The Kier molecular flexibility index (Phi) is 4.21. The van der Waals surface area contributed by atoms with Crippen molar-refractivity contribution in [1.82, 2.24) is 15.6 Å². The van der Waals surface area contributed by atoms with Crippen molar-refractivity contribution in [2.75, 3.05) is 0 Å². The van der Waals surface area contributed by atoms with E-state index in [1.807, 2.05) is 0 Å². The highest BCUT2D eigenvalue weighted by Gasteiger charge is 2.26. The van der Waals surface area contributed by atoms with Crippen molar-refractivity contribution >= 4 is 17.8 Å². The molecule has 1 unspecified atom stereocenters. The maximum Gasteiger partial charge on any atom is 0.337 e. The van der Waals surface area contributed by atoms with Gasteiger partial charge >= 0.3 is 5.97 Å². The van der Waals surface area contributed by atoms with Crippen molar-refractivity contribution in [3.8, 4) is 0 Å². The van der Waals surface area contributed by atoms with Crippen molar-refractivity contribution in [2.45, 2.75) is 38.8 Å². The van der Waals surface area contributed by atoms with Gasteiger partial charge in [-0.2, -0.15) is 0 Å². The average molecular weight is 291 g/mol. The summed E-state index contributed by atoms with van der Waals surface area (Å²) in [5.41, 5.74) is 0.389. The van der Waals surface area contributed by atoms with E-state index in [0.29, 0.717) is 0 Å². The molecule has 21 heavy (non-hydrogen) atoms. The first-order valence-corrected chi connectivity index (χ1v) is 6.70. The van der Waals surface area contributed by atoms with E-state index >= 15 is 0 Å². The Bertz CT molecular complexity index is 596.